The molecule has 148 valence electrons. The van der Waals surface area contributed by atoms with Crippen LogP contribution in [0.25, 0.3) is 0 Å². The average Bonchev–Trinajstić information content (AvgIpc) is 2.70. The highest BCUT2D eigenvalue weighted by molar-refractivity contribution is 5.81. The molecule has 1 fully saturated rings. The van der Waals surface area contributed by atoms with Crippen LogP contribution in [-0.2, 0) is 11.3 Å². The van der Waals surface area contributed by atoms with E-state index in [9.17, 15) is 14.9 Å². The molecule has 1 atom stereocenters. The zero-order valence-electron chi connectivity index (χ0n) is 16.1. The third-order valence-electron chi connectivity index (χ3n) is 4.74. The molecule has 8 heteroatoms. The molecule has 8 nitrogen and oxygen atoms in total. The Morgan fingerprint density at radius 1 is 1.18 bits per heavy atom. The molecule has 0 saturated carbocycles. The molecular formula is C20H24N4O4. The Morgan fingerprint density at radius 2 is 1.86 bits per heavy atom. The third kappa shape index (κ3) is 4.83. The first-order chi connectivity index (χ1) is 13.4. The van der Waals surface area contributed by atoms with Crippen LogP contribution in [0.4, 0.5) is 5.82 Å². The highest BCUT2D eigenvalue weighted by Crippen LogP contribution is 2.26. The number of nitro groups is 1. The molecule has 0 radical (unpaired) electrons. The Balaban J connectivity index is 1.56. The molecule has 1 amide bonds. The molecular weight excluding hydrogens is 360 g/mol. The van der Waals surface area contributed by atoms with Crippen molar-refractivity contribution in [1.29, 1.82) is 0 Å². The summed E-state index contributed by atoms with van der Waals surface area (Å²) in [6.45, 7) is 6.90. The molecule has 2 aromatic rings. The molecule has 1 saturated heterocycles. The lowest BCUT2D eigenvalue weighted by Gasteiger charge is -2.35. The number of rotatable bonds is 6. The number of aryl methyl sites for hydroxylation is 1. The van der Waals surface area contributed by atoms with Crippen LogP contribution in [-0.4, -0.2) is 57.9 Å². The number of carbonyl (C=O) groups excluding carboxylic acids is 1. The fraction of sp³-hybridized carbons (Fsp3) is 0.400. The predicted octanol–water partition coefficient (Wildman–Crippen LogP) is 2.41. The summed E-state index contributed by atoms with van der Waals surface area (Å²) in [4.78, 5) is 31.2. The molecule has 0 N–H and O–H groups in total. The van der Waals surface area contributed by atoms with E-state index in [1.54, 1.807) is 24.8 Å². The average molecular weight is 384 g/mol. The van der Waals surface area contributed by atoms with Gasteiger partial charge in [-0.1, -0.05) is 30.3 Å². The van der Waals surface area contributed by atoms with Crippen molar-refractivity contribution in [2.45, 2.75) is 26.5 Å². The van der Waals surface area contributed by atoms with Gasteiger partial charge in [-0.25, -0.2) is 0 Å². The normalized spacial score (nSPS) is 15.9. The van der Waals surface area contributed by atoms with Gasteiger partial charge >= 0.3 is 5.82 Å². The second kappa shape index (κ2) is 8.79. The van der Waals surface area contributed by atoms with Gasteiger partial charge in [-0.3, -0.25) is 9.69 Å². The number of benzene rings is 1. The molecule has 0 aliphatic carbocycles. The molecule has 28 heavy (non-hydrogen) atoms. The van der Waals surface area contributed by atoms with E-state index in [2.05, 4.69) is 22.0 Å². The Kier molecular flexibility index (Phi) is 6.20. The summed E-state index contributed by atoms with van der Waals surface area (Å²) in [5.41, 5.74) is 1.77. The summed E-state index contributed by atoms with van der Waals surface area (Å²) in [7, 11) is 0. The molecule has 1 aliphatic rings. The largest absolute Gasteiger partial charge is 0.473 e. The summed E-state index contributed by atoms with van der Waals surface area (Å²) in [5, 5.41) is 11.2. The first-order valence-electron chi connectivity index (χ1n) is 9.28. The van der Waals surface area contributed by atoms with Gasteiger partial charge in [0.15, 0.2) is 6.10 Å². The fourth-order valence-electron chi connectivity index (χ4n) is 3.22. The minimum absolute atomic E-state index is 0.0131. The number of aromatic nitrogens is 1. The number of piperazine rings is 1. The van der Waals surface area contributed by atoms with Gasteiger partial charge in [0.1, 0.15) is 5.69 Å². The topological polar surface area (TPSA) is 88.8 Å². The zero-order chi connectivity index (χ0) is 20.1. The molecule has 1 aromatic carbocycles. The van der Waals surface area contributed by atoms with Crippen LogP contribution >= 0.6 is 0 Å². The molecule has 0 unspecified atom stereocenters. The van der Waals surface area contributed by atoms with Crippen molar-refractivity contribution < 1.29 is 14.5 Å². The van der Waals surface area contributed by atoms with Crippen molar-refractivity contribution in [3.05, 3.63) is 63.8 Å². The van der Waals surface area contributed by atoms with E-state index in [1.165, 1.54) is 11.6 Å². The monoisotopic (exact) mass is 384 g/mol. The van der Waals surface area contributed by atoms with Crippen LogP contribution in [0.15, 0.2) is 42.5 Å². The minimum atomic E-state index is -0.816. The van der Waals surface area contributed by atoms with Crippen LogP contribution in [0.3, 0.4) is 0 Å². The highest BCUT2D eigenvalue weighted by atomic mass is 16.6. The van der Waals surface area contributed by atoms with Crippen molar-refractivity contribution in [2.75, 3.05) is 26.2 Å². The van der Waals surface area contributed by atoms with Crippen LogP contribution in [0.1, 0.15) is 18.2 Å². The number of hydrogen-bond acceptors (Lipinski definition) is 6. The van der Waals surface area contributed by atoms with Gasteiger partial charge in [-0.15, -0.1) is 0 Å². The van der Waals surface area contributed by atoms with Gasteiger partial charge in [0, 0.05) is 39.6 Å². The quantitative estimate of drug-likeness (QED) is 0.561. The van der Waals surface area contributed by atoms with E-state index in [0.29, 0.717) is 18.8 Å². The number of ether oxygens (including phenoxy) is 1. The molecule has 1 aliphatic heterocycles. The zero-order valence-corrected chi connectivity index (χ0v) is 16.1. The summed E-state index contributed by atoms with van der Waals surface area (Å²) in [6, 6.07) is 13.3. The number of nitrogens with zero attached hydrogens (tertiary/aromatic N) is 4. The van der Waals surface area contributed by atoms with E-state index >= 15 is 0 Å². The van der Waals surface area contributed by atoms with Crippen LogP contribution in [0, 0.1) is 17.0 Å². The Bertz CT molecular complexity index is 835. The van der Waals surface area contributed by atoms with Crippen LogP contribution in [0.2, 0.25) is 0 Å². The molecule has 1 aromatic heterocycles. The first-order valence-corrected chi connectivity index (χ1v) is 9.28. The maximum absolute atomic E-state index is 12.7. The lowest BCUT2D eigenvalue weighted by molar-refractivity contribution is -0.390. The minimum Gasteiger partial charge on any atom is -0.473 e. The summed E-state index contributed by atoms with van der Waals surface area (Å²) in [5.74, 6) is -0.527. The number of amides is 1. The maximum Gasteiger partial charge on any atom is 0.406 e. The fourth-order valence-corrected chi connectivity index (χ4v) is 3.22. The second-order valence-corrected chi connectivity index (χ2v) is 6.88. The summed E-state index contributed by atoms with van der Waals surface area (Å²) in [6.07, 6.45) is -0.816. The van der Waals surface area contributed by atoms with Crippen molar-refractivity contribution in [3.8, 4) is 5.75 Å². The Morgan fingerprint density at radius 3 is 2.50 bits per heavy atom. The van der Waals surface area contributed by atoms with Crippen molar-refractivity contribution in [1.82, 2.24) is 14.8 Å². The molecule has 2 heterocycles. The van der Waals surface area contributed by atoms with Crippen LogP contribution in [0.5, 0.6) is 5.75 Å². The standard InChI is InChI=1S/C20H24N4O4/c1-15-8-9-18(19(21-15)24(26)27)28-16(2)20(25)23-12-10-22(11-13-23)14-17-6-4-3-5-7-17/h3-9,16H,10-14H2,1-2H3/t16-/m1/s1. The highest BCUT2D eigenvalue weighted by Gasteiger charge is 2.28. The van der Waals surface area contributed by atoms with E-state index in [0.717, 1.165) is 19.6 Å². The lowest BCUT2D eigenvalue weighted by atomic mass is 10.2. The van der Waals surface area contributed by atoms with Gasteiger partial charge in [-0.2, -0.15) is 0 Å². The van der Waals surface area contributed by atoms with E-state index in [-0.39, 0.29) is 17.5 Å². The molecule has 0 spiro atoms. The Labute approximate surface area is 163 Å². The van der Waals surface area contributed by atoms with Crippen LogP contribution < -0.4 is 4.74 Å². The van der Waals surface area contributed by atoms with Gasteiger partial charge in [0.2, 0.25) is 5.75 Å². The predicted molar refractivity (Wildman–Crippen MR) is 104 cm³/mol. The first kappa shape index (κ1) is 19.8. The smallest absolute Gasteiger partial charge is 0.406 e. The molecule has 0 bridgehead atoms. The Hall–Kier alpha value is -3.00. The number of hydrogen-bond donors (Lipinski definition) is 0. The third-order valence-corrected chi connectivity index (χ3v) is 4.74. The van der Waals surface area contributed by atoms with Crippen molar-refractivity contribution >= 4 is 11.7 Å². The van der Waals surface area contributed by atoms with Gasteiger partial charge in [0.25, 0.3) is 5.91 Å². The summed E-state index contributed by atoms with van der Waals surface area (Å²) < 4.78 is 5.59. The second-order valence-electron chi connectivity index (χ2n) is 6.88. The van der Waals surface area contributed by atoms with Gasteiger partial charge < -0.3 is 19.8 Å². The maximum atomic E-state index is 12.7. The summed E-state index contributed by atoms with van der Waals surface area (Å²) >= 11 is 0. The number of pyridine rings is 1. The van der Waals surface area contributed by atoms with E-state index in [1.807, 2.05) is 18.2 Å². The van der Waals surface area contributed by atoms with Gasteiger partial charge in [-0.05, 0) is 34.5 Å². The number of carbonyl (C=O) groups is 1. The molecule has 3 rings (SSSR count). The van der Waals surface area contributed by atoms with E-state index < -0.39 is 11.0 Å². The van der Waals surface area contributed by atoms with Crippen molar-refractivity contribution in [3.63, 3.8) is 0 Å². The SMILES string of the molecule is Cc1ccc(O[C@H](C)C(=O)N2CCN(Cc3ccccc3)CC2)c([N+](=O)[O-])n1. The van der Waals surface area contributed by atoms with Gasteiger partial charge in [0.05, 0.1) is 0 Å². The lowest BCUT2D eigenvalue weighted by Crippen LogP contribution is -2.51. The van der Waals surface area contributed by atoms with E-state index in [4.69, 9.17) is 4.74 Å². The van der Waals surface area contributed by atoms with Crippen molar-refractivity contribution in [2.24, 2.45) is 0 Å².